The fourth-order valence-electron chi connectivity index (χ4n) is 3.36. The van der Waals surface area contributed by atoms with Gasteiger partial charge in [0.2, 0.25) is 0 Å². The molecule has 3 nitrogen and oxygen atoms in total. The molecular weight excluding hydrogens is 222 g/mol. The van der Waals surface area contributed by atoms with Gasteiger partial charge in [-0.3, -0.25) is 4.99 Å². The molecule has 1 aromatic rings. The standard InChI is InChI=1S/C15H26N3/c1-10-11(2)18(8)13(17(10)7)12-14(3,4)9-15(5,6)16-12/h9H2,1-8H3/q+1. The van der Waals surface area contributed by atoms with Crippen LogP contribution in [-0.4, -0.2) is 15.8 Å². The lowest BCUT2D eigenvalue weighted by Crippen LogP contribution is -2.41. The van der Waals surface area contributed by atoms with Crippen molar-refractivity contribution in [3.8, 4) is 0 Å². The van der Waals surface area contributed by atoms with Gasteiger partial charge < -0.3 is 0 Å². The van der Waals surface area contributed by atoms with Gasteiger partial charge in [0.1, 0.15) is 17.1 Å². The smallest absolute Gasteiger partial charge is 0.275 e. The summed E-state index contributed by atoms with van der Waals surface area (Å²) in [6.45, 7) is 13.4. The van der Waals surface area contributed by atoms with Crippen LogP contribution < -0.4 is 4.57 Å². The van der Waals surface area contributed by atoms with E-state index in [0.29, 0.717) is 0 Å². The average Bonchev–Trinajstić information content (AvgIpc) is 2.53. The van der Waals surface area contributed by atoms with Gasteiger partial charge in [0, 0.05) is 19.3 Å². The predicted molar refractivity (Wildman–Crippen MR) is 75.1 cm³/mol. The number of aliphatic imine (C=N–C) groups is 1. The Morgan fingerprint density at radius 2 is 1.72 bits per heavy atom. The number of aromatic nitrogens is 2. The summed E-state index contributed by atoms with van der Waals surface area (Å²) < 4.78 is 4.55. The molecule has 0 unspecified atom stereocenters. The van der Waals surface area contributed by atoms with Gasteiger partial charge in [-0.1, -0.05) is 13.8 Å². The Balaban J connectivity index is 2.67. The Hall–Kier alpha value is -1.12. The number of hydrogen-bond acceptors (Lipinski definition) is 1. The van der Waals surface area contributed by atoms with E-state index in [4.69, 9.17) is 4.99 Å². The minimum atomic E-state index is 0.0535. The number of rotatable bonds is 1. The summed E-state index contributed by atoms with van der Waals surface area (Å²) in [6.07, 6.45) is 1.11. The quantitative estimate of drug-likeness (QED) is 0.681. The highest BCUT2D eigenvalue weighted by atomic mass is 15.2. The van der Waals surface area contributed by atoms with Gasteiger partial charge in [-0.05, 0) is 20.3 Å². The fraction of sp³-hybridized carbons (Fsp3) is 0.733. The van der Waals surface area contributed by atoms with Crippen LogP contribution in [-0.2, 0) is 14.1 Å². The molecule has 100 valence electrons. The van der Waals surface area contributed by atoms with E-state index in [0.717, 1.165) is 6.42 Å². The number of imidazole rings is 1. The molecular formula is C15H26N3+. The van der Waals surface area contributed by atoms with E-state index < -0.39 is 0 Å². The third kappa shape index (κ3) is 1.80. The lowest BCUT2D eigenvalue weighted by Gasteiger charge is -2.21. The summed E-state index contributed by atoms with van der Waals surface area (Å²) in [6, 6.07) is 0. The first-order valence-corrected chi connectivity index (χ1v) is 6.69. The van der Waals surface area contributed by atoms with E-state index in [2.05, 4.69) is 64.8 Å². The third-order valence-electron chi connectivity index (χ3n) is 4.31. The van der Waals surface area contributed by atoms with E-state index in [1.807, 2.05) is 0 Å². The normalized spacial score (nSPS) is 21.2. The number of nitrogens with zero attached hydrogens (tertiary/aromatic N) is 3. The first-order chi connectivity index (χ1) is 8.07. The summed E-state index contributed by atoms with van der Waals surface area (Å²) in [5.74, 6) is 1.25. The van der Waals surface area contributed by atoms with Crippen LogP contribution in [0.2, 0.25) is 0 Å². The molecule has 0 atom stereocenters. The van der Waals surface area contributed by atoms with Crippen molar-refractivity contribution in [2.75, 3.05) is 0 Å². The SMILES string of the molecule is Cc1c(C)[n+](C)c(C2=NC(C)(C)CC2(C)C)n1C. The molecule has 3 heteroatoms. The molecule has 0 spiro atoms. The van der Waals surface area contributed by atoms with Gasteiger partial charge in [-0.2, -0.15) is 0 Å². The van der Waals surface area contributed by atoms with Crippen LogP contribution in [0.1, 0.15) is 51.3 Å². The van der Waals surface area contributed by atoms with Crippen LogP contribution in [0.3, 0.4) is 0 Å². The van der Waals surface area contributed by atoms with E-state index in [9.17, 15) is 0 Å². The first kappa shape index (κ1) is 13.3. The van der Waals surface area contributed by atoms with Crippen molar-refractivity contribution in [1.29, 1.82) is 0 Å². The molecule has 18 heavy (non-hydrogen) atoms. The maximum atomic E-state index is 4.99. The van der Waals surface area contributed by atoms with Crippen molar-refractivity contribution < 1.29 is 4.57 Å². The van der Waals surface area contributed by atoms with Crippen LogP contribution in [0.15, 0.2) is 4.99 Å². The Bertz CT molecular complexity index is 505. The fourth-order valence-corrected chi connectivity index (χ4v) is 3.36. The molecule has 0 amide bonds. The largest absolute Gasteiger partial charge is 0.303 e. The third-order valence-corrected chi connectivity index (χ3v) is 4.31. The van der Waals surface area contributed by atoms with Gasteiger partial charge in [0.15, 0.2) is 0 Å². The zero-order valence-electron chi connectivity index (χ0n) is 13.0. The monoisotopic (exact) mass is 248 g/mol. The summed E-state index contributed by atoms with van der Waals surface area (Å²) >= 11 is 0. The lowest BCUT2D eigenvalue weighted by molar-refractivity contribution is -0.678. The van der Waals surface area contributed by atoms with E-state index in [-0.39, 0.29) is 11.0 Å². The molecule has 0 bridgehead atoms. The molecule has 1 aliphatic heterocycles. The summed E-state index contributed by atoms with van der Waals surface area (Å²) in [5.41, 5.74) is 4.07. The second-order valence-electron chi connectivity index (χ2n) is 6.95. The maximum absolute atomic E-state index is 4.99. The van der Waals surface area contributed by atoms with Crippen molar-refractivity contribution in [2.45, 2.75) is 53.5 Å². The van der Waals surface area contributed by atoms with Crippen LogP contribution in [0.25, 0.3) is 0 Å². The van der Waals surface area contributed by atoms with Crippen LogP contribution in [0.4, 0.5) is 0 Å². The van der Waals surface area contributed by atoms with Crippen LogP contribution in [0, 0.1) is 19.3 Å². The molecule has 0 aliphatic carbocycles. The second kappa shape index (κ2) is 3.69. The molecule has 0 saturated carbocycles. The summed E-state index contributed by atoms with van der Waals surface area (Å²) in [5, 5.41) is 0. The highest BCUT2D eigenvalue weighted by Gasteiger charge is 2.45. The molecule has 1 aliphatic rings. The van der Waals surface area contributed by atoms with Crippen molar-refractivity contribution >= 4 is 5.71 Å². The number of hydrogen-bond donors (Lipinski definition) is 0. The van der Waals surface area contributed by atoms with Gasteiger partial charge in [-0.25, -0.2) is 9.13 Å². The average molecular weight is 248 g/mol. The molecule has 1 aromatic heterocycles. The molecule has 0 radical (unpaired) electrons. The predicted octanol–water partition coefficient (Wildman–Crippen LogP) is 2.46. The van der Waals surface area contributed by atoms with E-state index >= 15 is 0 Å². The summed E-state index contributed by atoms with van der Waals surface area (Å²) in [7, 11) is 4.28. The van der Waals surface area contributed by atoms with Crippen LogP contribution >= 0.6 is 0 Å². The Labute approximate surface area is 111 Å². The minimum Gasteiger partial charge on any atom is -0.275 e. The zero-order valence-corrected chi connectivity index (χ0v) is 13.0. The molecule has 0 aromatic carbocycles. The minimum absolute atomic E-state index is 0.0535. The van der Waals surface area contributed by atoms with Crippen molar-refractivity contribution in [1.82, 2.24) is 4.57 Å². The second-order valence-corrected chi connectivity index (χ2v) is 6.95. The first-order valence-electron chi connectivity index (χ1n) is 6.69. The molecule has 0 N–H and O–H groups in total. The topological polar surface area (TPSA) is 21.2 Å². The van der Waals surface area contributed by atoms with Crippen molar-refractivity contribution in [2.24, 2.45) is 24.5 Å². The maximum Gasteiger partial charge on any atom is 0.303 e. The zero-order chi connectivity index (χ0) is 13.9. The Morgan fingerprint density at radius 3 is 2.06 bits per heavy atom. The highest BCUT2D eigenvalue weighted by molar-refractivity contribution is 6.02. The highest BCUT2D eigenvalue weighted by Crippen LogP contribution is 2.40. The Kier molecular flexibility index (Phi) is 2.73. The van der Waals surface area contributed by atoms with Crippen LogP contribution in [0.5, 0.6) is 0 Å². The molecule has 2 rings (SSSR count). The van der Waals surface area contributed by atoms with Gasteiger partial charge in [-0.15, -0.1) is 0 Å². The van der Waals surface area contributed by atoms with E-state index in [1.165, 1.54) is 22.9 Å². The van der Waals surface area contributed by atoms with Crippen molar-refractivity contribution in [3.63, 3.8) is 0 Å². The van der Waals surface area contributed by atoms with Crippen molar-refractivity contribution in [3.05, 3.63) is 17.2 Å². The lowest BCUT2D eigenvalue weighted by atomic mass is 9.80. The summed E-state index contributed by atoms with van der Waals surface area (Å²) in [4.78, 5) is 4.99. The Morgan fingerprint density at radius 1 is 1.17 bits per heavy atom. The molecule has 2 heterocycles. The molecule has 0 fully saturated rings. The molecule has 0 saturated heterocycles. The van der Waals surface area contributed by atoms with E-state index in [1.54, 1.807) is 0 Å². The van der Waals surface area contributed by atoms with Gasteiger partial charge >= 0.3 is 5.82 Å². The van der Waals surface area contributed by atoms with Gasteiger partial charge in [0.05, 0.1) is 19.6 Å². The van der Waals surface area contributed by atoms with Gasteiger partial charge in [0.25, 0.3) is 0 Å².